The van der Waals surface area contributed by atoms with Crippen LogP contribution < -0.4 is 19.5 Å². The van der Waals surface area contributed by atoms with Gasteiger partial charge in [-0.2, -0.15) is 0 Å². The van der Waals surface area contributed by atoms with E-state index in [1.807, 2.05) is 12.1 Å². The Labute approximate surface area is 134 Å². The van der Waals surface area contributed by atoms with Gasteiger partial charge in [0.1, 0.15) is 11.5 Å². The zero-order valence-electron chi connectivity index (χ0n) is 12.6. The predicted octanol–water partition coefficient (Wildman–Crippen LogP) is 3.68. The second kappa shape index (κ2) is 7.13. The van der Waals surface area contributed by atoms with Gasteiger partial charge in [0.15, 0.2) is 11.5 Å². The molecule has 2 aromatic rings. The lowest BCUT2D eigenvalue weighted by Crippen LogP contribution is -2.03. The van der Waals surface area contributed by atoms with Crippen LogP contribution in [0.5, 0.6) is 23.0 Å². The van der Waals surface area contributed by atoms with Crippen molar-refractivity contribution in [1.82, 2.24) is 0 Å². The van der Waals surface area contributed by atoms with Gasteiger partial charge in [-0.05, 0) is 12.1 Å². The summed E-state index contributed by atoms with van der Waals surface area (Å²) < 4.78 is 15.6. The van der Waals surface area contributed by atoms with E-state index in [2.05, 4.69) is 5.32 Å². The largest absolute Gasteiger partial charge is 0.504 e. The highest BCUT2D eigenvalue weighted by molar-refractivity contribution is 6.32. The fourth-order valence-corrected chi connectivity index (χ4v) is 2.30. The van der Waals surface area contributed by atoms with E-state index in [1.54, 1.807) is 32.4 Å². The number of halogens is 1. The van der Waals surface area contributed by atoms with E-state index in [0.29, 0.717) is 40.1 Å². The van der Waals surface area contributed by atoms with Crippen molar-refractivity contribution in [2.45, 2.75) is 6.54 Å². The Kier molecular flexibility index (Phi) is 5.22. The number of rotatable bonds is 6. The first-order valence-corrected chi connectivity index (χ1v) is 6.98. The van der Waals surface area contributed by atoms with Crippen LogP contribution in [0.4, 0.5) is 5.69 Å². The van der Waals surface area contributed by atoms with Crippen LogP contribution in [0.1, 0.15) is 5.56 Å². The molecule has 0 radical (unpaired) electrons. The fourth-order valence-electron chi connectivity index (χ4n) is 2.06. The maximum atomic E-state index is 10.1. The third-order valence-electron chi connectivity index (χ3n) is 3.25. The molecule has 118 valence electrons. The SMILES string of the molecule is COc1cc(OC)c(NCc2cccc(OC)c2O)cc1Cl. The Morgan fingerprint density at radius 1 is 1.00 bits per heavy atom. The number of benzene rings is 2. The van der Waals surface area contributed by atoms with Gasteiger partial charge in [-0.1, -0.05) is 23.7 Å². The highest BCUT2D eigenvalue weighted by Crippen LogP contribution is 2.37. The van der Waals surface area contributed by atoms with Gasteiger partial charge < -0.3 is 24.6 Å². The lowest BCUT2D eigenvalue weighted by Gasteiger charge is -2.15. The van der Waals surface area contributed by atoms with Crippen molar-refractivity contribution in [3.63, 3.8) is 0 Å². The molecule has 2 aromatic carbocycles. The summed E-state index contributed by atoms with van der Waals surface area (Å²) in [4.78, 5) is 0. The predicted molar refractivity (Wildman–Crippen MR) is 86.5 cm³/mol. The first kappa shape index (κ1) is 16.1. The first-order valence-electron chi connectivity index (χ1n) is 6.61. The smallest absolute Gasteiger partial charge is 0.162 e. The van der Waals surface area contributed by atoms with Crippen molar-refractivity contribution in [2.24, 2.45) is 0 Å². The number of phenolic OH excluding ortho intramolecular Hbond substituents is 1. The summed E-state index contributed by atoms with van der Waals surface area (Å²) in [6, 6.07) is 8.74. The van der Waals surface area contributed by atoms with E-state index in [0.717, 1.165) is 0 Å². The Morgan fingerprint density at radius 2 is 1.68 bits per heavy atom. The van der Waals surface area contributed by atoms with Crippen LogP contribution in [-0.2, 0) is 6.54 Å². The normalized spacial score (nSPS) is 10.2. The first-order chi connectivity index (χ1) is 10.6. The van der Waals surface area contributed by atoms with Gasteiger partial charge in [0.2, 0.25) is 0 Å². The molecule has 0 aromatic heterocycles. The zero-order valence-corrected chi connectivity index (χ0v) is 13.4. The number of nitrogens with one attached hydrogen (secondary N) is 1. The number of para-hydroxylation sites is 1. The highest BCUT2D eigenvalue weighted by Gasteiger charge is 2.11. The molecule has 0 spiro atoms. The van der Waals surface area contributed by atoms with Gasteiger partial charge in [-0.3, -0.25) is 0 Å². The summed E-state index contributed by atoms with van der Waals surface area (Å²) in [7, 11) is 4.62. The van der Waals surface area contributed by atoms with Crippen LogP contribution in [-0.4, -0.2) is 26.4 Å². The molecule has 5 nitrogen and oxygen atoms in total. The molecule has 0 unspecified atom stereocenters. The number of anilines is 1. The topological polar surface area (TPSA) is 60.0 Å². The zero-order chi connectivity index (χ0) is 16.1. The maximum absolute atomic E-state index is 10.1. The average molecular weight is 324 g/mol. The Balaban J connectivity index is 2.23. The van der Waals surface area contributed by atoms with Gasteiger partial charge >= 0.3 is 0 Å². The van der Waals surface area contributed by atoms with Gasteiger partial charge in [-0.25, -0.2) is 0 Å². The number of phenols is 1. The number of methoxy groups -OCH3 is 3. The van der Waals surface area contributed by atoms with Gasteiger partial charge in [0.05, 0.1) is 32.0 Å². The van der Waals surface area contributed by atoms with Crippen molar-refractivity contribution in [3.05, 3.63) is 40.9 Å². The molecule has 0 aliphatic carbocycles. The van der Waals surface area contributed by atoms with Crippen LogP contribution in [0, 0.1) is 0 Å². The molecule has 2 rings (SSSR count). The van der Waals surface area contributed by atoms with Crippen molar-refractivity contribution >= 4 is 17.3 Å². The third-order valence-corrected chi connectivity index (χ3v) is 3.54. The molecule has 0 aliphatic rings. The van der Waals surface area contributed by atoms with Crippen molar-refractivity contribution in [1.29, 1.82) is 0 Å². The quantitative estimate of drug-likeness (QED) is 0.849. The standard InChI is InChI=1S/C16H18ClNO4/c1-20-13-6-4-5-10(16(13)19)9-18-12-7-11(17)14(21-2)8-15(12)22-3/h4-8,18-19H,9H2,1-3H3. The summed E-state index contributed by atoms with van der Waals surface area (Å²) in [6.45, 7) is 0.391. The fraction of sp³-hybridized carbons (Fsp3) is 0.250. The lowest BCUT2D eigenvalue weighted by atomic mass is 10.1. The Hall–Kier alpha value is -2.27. The van der Waals surface area contributed by atoms with E-state index < -0.39 is 0 Å². The molecule has 0 saturated carbocycles. The van der Waals surface area contributed by atoms with Crippen molar-refractivity contribution in [2.75, 3.05) is 26.6 Å². The number of aromatic hydroxyl groups is 1. The molecule has 22 heavy (non-hydrogen) atoms. The summed E-state index contributed by atoms with van der Waals surface area (Å²) in [6.07, 6.45) is 0. The van der Waals surface area contributed by atoms with Crippen LogP contribution in [0.25, 0.3) is 0 Å². The van der Waals surface area contributed by atoms with Crippen LogP contribution >= 0.6 is 11.6 Å². The average Bonchev–Trinajstić information content (AvgIpc) is 2.54. The minimum absolute atomic E-state index is 0.107. The van der Waals surface area contributed by atoms with Gasteiger partial charge in [-0.15, -0.1) is 0 Å². The van der Waals surface area contributed by atoms with E-state index in [4.69, 9.17) is 25.8 Å². The van der Waals surface area contributed by atoms with E-state index >= 15 is 0 Å². The van der Waals surface area contributed by atoms with Crippen LogP contribution in [0.3, 0.4) is 0 Å². The molecule has 0 heterocycles. The summed E-state index contributed by atoms with van der Waals surface area (Å²) in [5, 5.41) is 13.7. The van der Waals surface area contributed by atoms with Gasteiger partial charge in [0.25, 0.3) is 0 Å². The molecular formula is C16H18ClNO4. The maximum Gasteiger partial charge on any atom is 0.162 e. The minimum Gasteiger partial charge on any atom is -0.504 e. The Bertz CT molecular complexity index is 661. The second-order valence-corrected chi connectivity index (χ2v) is 4.92. The molecule has 0 atom stereocenters. The second-order valence-electron chi connectivity index (χ2n) is 4.51. The van der Waals surface area contributed by atoms with E-state index in [9.17, 15) is 5.11 Å². The van der Waals surface area contributed by atoms with Crippen LogP contribution in [0.2, 0.25) is 5.02 Å². The molecule has 6 heteroatoms. The Morgan fingerprint density at radius 3 is 2.32 bits per heavy atom. The van der Waals surface area contributed by atoms with Gasteiger partial charge in [0, 0.05) is 18.2 Å². The lowest BCUT2D eigenvalue weighted by molar-refractivity contribution is 0.371. The molecule has 0 fully saturated rings. The van der Waals surface area contributed by atoms with E-state index in [-0.39, 0.29) is 5.75 Å². The monoisotopic (exact) mass is 323 g/mol. The summed E-state index contributed by atoms with van der Waals surface area (Å²) in [5.74, 6) is 1.67. The molecule has 0 saturated heterocycles. The third kappa shape index (κ3) is 3.31. The minimum atomic E-state index is 0.107. The molecule has 0 aliphatic heterocycles. The van der Waals surface area contributed by atoms with E-state index in [1.165, 1.54) is 7.11 Å². The highest BCUT2D eigenvalue weighted by atomic mass is 35.5. The molecular weight excluding hydrogens is 306 g/mol. The molecule has 0 amide bonds. The summed E-state index contributed by atoms with van der Waals surface area (Å²) >= 11 is 6.13. The molecule has 0 bridgehead atoms. The number of ether oxygens (including phenoxy) is 3. The number of hydrogen-bond donors (Lipinski definition) is 2. The van der Waals surface area contributed by atoms with Crippen molar-refractivity contribution in [3.8, 4) is 23.0 Å². The van der Waals surface area contributed by atoms with Crippen molar-refractivity contribution < 1.29 is 19.3 Å². The summed E-state index contributed by atoms with van der Waals surface area (Å²) in [5.41, 5.74) is 1.41. The number of hydrogen-bond acceptors (Lipinski definition) is 5. The molecule has 2 N–H and O–H groups in total. The van der Waals surface area contributed by atoms with Crippen LogP contribution in [0.15, 0.2) is 30.3 Å².